The SMILES string of the molecule is CCCC(CCO)CNC[C@@H](C)O. The zero-order chi connectivity index (χ0) is 10.1. The van der Waals surface area contributed by atoms with E-state index in [9.17, 15) is 0 Å². The van der Waals surface area contributed by atoms with E-state index in [1.54, 1.807) is 6.92 Å². The lowest BCUT2D eigenvalue weighted by Crippen LogP contribution is -2.29. The zero-order valence-electron chi connectivity index (χ0n) is 8.79. The Morgan fingerprint density at radius 1 is 1.23 bits per heavy atom. The Hall–Kier alpha value is -0.120. The lowest BCUT2D eigenvalue weighted by molar-refractivity contribution is 0.185. The summed E-state index contributed by atoms with van der Waals surface area (Å²) in [4.78, 5) is 0. The third kappa shape index (κ3) is 8.22. The monoisotopic (exact) mass is 189 g/mol. The summed E-state index contributed by atoms with van der Waals surface area (Å²) in [6, 6.07) is 0. The summed E-state index contributed by atoms with van der Waals surface area (Å²) in [5.41, 5.74) is 0. The van der Waals surface area contributed by atoms with E-state index in [1.807, 2.05) is 0 Å². The summed E-state index contributed by atoms with van der Waals surface area (Å²) in [6.45, 7) is 5.74. The molecule has 0 spiro atoms. The van der Waals surface area contributed by atoms with Crippen molar-refractivity contribution in [2.75, 3.05) is 19.7 Å². The zero-order valence-corrected chi connectivity index (χ0v) is 8.79. The van der Waals surface area contributed by atoms with Gasteiger partial charge >= 0.3 is 0 Å². The summed E-state index contributed by atoms with van der Waals surface area (Å²) < 4.78 is 0. The highest BCUT2D eigenvalue weighted by Gasteiger charge is 2.06. The summed E-state index contributed by atoms with van der Waals surface area (Å²) in [5, 5.41) is 21.0. The molecule has 0 aliphatic rings. The van der Waals surface area contributed by atoms with Crippen LogP contribution in [0.3, 0.4) is 0 Å². The number of aliphatic hydroxyl groups excluding tert-OH is 2. The topological polar surface area (TPSA) is 52.5 Å². The fourth-order valence-electron chi connectivity index (χ4n) is 1.44. The molecule has 0 aromatic heterocycles. The maximum atomic E-state index is 9.01. The van der Waals surface area contributed by atoms with Gasteiger partial charge in [0, 0.05) is 13.2 Å². The smallest absolute Gasteiger partial charge is 0.0636 e. The Morgan fingerprint density at radius 2 is 1.92 bits per heavy atom. The largest absolute Gasteiger partial charge is 0.396 e. The van der Waals surface area contributed by atoms with Crippen LogP contribution in [0.2, 0.25) is 0 Å². The minimum atomic E-state index is -0.281. The maximum Gasteiger partial charge on any atom is 0.0636 e. The van der Waals surface area contributed by atoms with Crippen molar-refractivity contribution in [3.63, 3.8) is 0 Å². The van der Waals surface area contributed by atoms with E-state index in [2.05, 4.69) is 12.2 Å². The minimum Gasteiger partial charge on any atom is -0.396 e. The number of nitrogens with one attached hydrogen (secondary N) is 1. The lowest BCUT2D eigenvalue weighted by atomic mass is 10.0. The molecule has 0 rings (SSSR count). The van der Waals surface area contributed by atoms with Gasteiger partial charge in [0.1, 0.15) is 0 Å². The molecule has 0 aromatic rings. The summed E-state index contributed by atoms with van der Waals surface area (Å²) in [7, 11) is 0. The third-order valence-corrected chi connectivity index (χ3v) is 2.11. The molecule has 0 radical (unpaired) electrons. The van der Waals surface area contributed by atoms with Gasteiger partial charge in [-0.05, 0) is 32.2 Å². The molecular formula is C10H23NO2. The molecule has 3 heteroatoms. The molecule has 0 aliphatic carbocycles. The van der Waals surface area contributed by atoms with Crippen LogP contribution in [0.15, 0.2) is 0 Å². The van der Waals surface area contributed by atoms with Crippen molar-refractivity contribution in [2.24, 2.45) is 5.92 Å². The molecule has 3 N–H and O–H groups in total. The Labute approximate surface area is 81.2 Å². The van der Waals surface area contributed by atoms with Gasteiger partial charge < -0.3 is 15.5 Å². The van der Waals surface area contributed by atoms with Crippen LogP contribution in [-0.4, -0.2) is 36.0 Å². The van der Waals surface area contributed by atoms with Gasteiger partial charge in [-0.15, -0.1) is 0 Å². The van der Waals surface area contributed by atoms with E-state index in [4.69, 9.17) is 10.2 Å². The fourth-order valence-corrected chi connectivity index (χ4v) is 1.44. The third-order valence-electron chi connectivity index (χ3n) is 2.11. The first-order chi connectivity index (χ1) is 6.20. The van der Waals surface area contributed by atoms with Gasteiger partial charge in [-0.2, -0.15) is 0 Å². The van der Waals surface area contributed by atoms with Gasteiger partial charge in [-0.1, -0.05) is 13.3 Å². The van der Waals surface area contributed by atoms with Crippen molar-refractivity contribution >= 4 is 0 Å². The van der Waals surface area contributed by atoms with Crippen molar-refractivity contribution in [3.8, 4) is 0 Å². The van der Waals surface area contributed by atoms with Gasteiger partial charge in [0.05, 0.1) is 6.10 Å². The predicted octanol–water partition coefficient (Wildman–Crippen LogP) is 0.756. The van der Waals surface area contributed by atoms with Gasteiger partial charge in [0.2, 0.25) is 0 Å². The standard InChI is InChI=1S/C10H23NO2/c1-3-4-10(5-6-12)8-11-7-9(2)13/h9-13H,3-8H2,1-2H3/t9-,10?/m1/s1. The molecule has 0 bridgehead atoms. The van der Waals surface area contributed by atoms with Crippen molar-refractivity contribution in [1.29, 1.82) is 0 Å². The molecule has 0 aliphatic heterocycles. The van der Waals surface area contributed by atoms with Crippen LogP contribution < -0.4 is 5.32 Å². The molecule has 80 valence electrons. The Balaban J connectivity index is 3.44. The summed E-state index contributed by atoms with van der Waals surface area (Å²) >= 11 is 0. The second-order valence-electron chi connectivity index (χ2n) is 3.67. The fraction of sp³-hybridized carbons (Fsp3) is 1.00. The average molecular weight is 189 g/mol. The molecule has 13 heavy (non-hydrogen) atoms. The maximum absolute atomic E-state index is 9.01. The molecule has 0 aromatic carbocycles. The van der Waals surface area contributed by atoms with Crippen LogP contribution in [0.1, 0.15) is 33.1 Å². The van der Waals surface area contributed by atoms with Crippen LogP contribution in [0, 0.1) is 5.92 Å². The average Bonchev–Trinajstić information content (AvgIpc) is 2.04. The van der Waals surface area contributed by atoms with Gasteiger partial charge in [-0.3, -0.25) is 0 Å². The van der Waals surface area contributed by atoms with Crippen molar-refractivity contribution in [1.82, 2.24) is 5.32 Å². The van der Waals surface area contributed by atoms with E-state index in [1.165, 1.54) is 0 Å². The second-order valence-corrected chi connectivity index (χ2v) is 3.67. The van der Waals surface area contributed by atoms with Crippen molar-refractivity contribution in [3.05, 3.63) is 0 Å². The molecule has 0 saturated heterocycles. The Morgan fingerprint density at radius 3 is 2.38 bits per heavy atom. The molecule has 1 unspecified atom stereocenters. The minimum absolute atomic E-state index is 0.265. The summed E-state index contributed by atoms with van der Waals surface area (Å²) in [5.74, 6) is 0.550. The van der Waals surface area contributed by atoms with Crippen LogP contribution >= 0.6 is 0 Å². The molecular weight excluding hydrogens is 166 g/mol. The van der Waals surface area contributed by atoms with E-state index in [-0.39, 0.29) is 12.7 Å². The second kappa shape index (κ2) is 8.48. The van der Waals surface area contributed by atoms with Gasteiger partial charge in [0.25, 0.3) is 0 Å². The molecule has 0 amide bonds. The first-order valence-electron chi connectivity index (χ1n) is 5.20. The molecule has 0 heterocycles. The normalized spacial score (nSPS) is 15.7. The highest BCUT2D eigenvalue weighted by atomic mass is 16.3. The predicted molar refractivity (Wildman–Crippen MR) is 54.7 cm³/mol. The van der Waals surface area contributed by atoms with E-state index in [0.717, 1.165) is 25.8 Å². The van der Waals surface area contributed by atoms with Crippen LogP contribution in [-0.2, 0) is 0 Å². The van der Waals surface area contributed by atoms with Gasteiger partial charge in [-0.25, -0.2) is 0 Å². The first-order valence-corrected chi connectivity index (χ1v) is 5.20. The number of hydrogen-bond donors (Lipinski definition) is 3. The Kier molecular flexibility index (Phi) is 8.40. The number of hydrogen-bond acceptors (Lipinski definition) is 3. The highest BCUT2D eigenvalue weighted by Crippen LogP contribution is 2.08. The first kappa shape index (κ1) is 12.9. The van der Waals surface area contributed by atoms with Crippen LogP contribution in [0.25, 0.3) is 0 Å². The highest BCUT2D eigenvalue weighted by molar-refractivity contribution is 4.63. The number of rotatable bonds is 8. The van der Waals surface area contributed by atoms with E-state index >= 15 is 0 Å². The van der Waals surface area contributed by atoms with Gasteiger partial charge in [0.15, 0.2) is 0 Å². The Bertz CT molecular complexity index is 101. The van der Waals surface area contributed by atoms with Crippen molar-refractivity contribution < 1.29 is 10.2 Å². The molecule has 0 fully saturated rings. The van der Waals surface area contributed by atoms with Crippen LogP contribution in [0.5, 0.6) is 0 Å². The van der Waals surface area contributed by atoms with E-state index < -0.39 is 0 Å². The molecule has 2 atom stereocenters. The molecule has 0 saturated carbocycles. The lowest BCUT2D eigenvalue weighted by Gasteiger charge is -2.16. The van der Waals surface area contributed by atoms with Crippen LogP contribution in [0.4, 0.5) is 0 Å². The quantitative estimate of drug-likeness (QED) is 0.528. The molecule has 3 nitrogen and oxygen atoms in total. The number of aliphatic hydroxyl groups is 2. The van der Waals surface area contributed by atoms with Crippen molar-refractivity contribution in [2.45, 2.75) is 39.2 Å². The summed E-state index contributed by atoms with van der Waals surface area (Å²) in [6.07, 6.45) is 2.88. The van der Waals surface area contributed by atoms with E-state index in [0.29, 0.717) is 12.5 Å².